The summed E-state index contributed by atoms with van der Waals surface area (Å²) in [4.78, 5) is 13.1. The van der Waals surface area contributed by atoms with E-state index in [1.54, 1.807) is 19.1 Å². The van der Waals surface area contributed by atoms with Gasteiger partial charge in [0.15, 0.2) is 11.5 Å². The minimum Gasteiger partial charge on any atom is -0.503 e. The number of hydrogen-bond donors (Lipinski definition) is 3. The van der Waals surface area contributed by atoms with Gasteiger partial charge in [-0.25, -0.2) is 4.39 Å². The van der Waals surface area contributed by atoms with Crippen LogP contribution in [-0.4, -0.2) is 31.8 Å². The molecule has 4 rings (SSSR count). The standard InChI is InChI=1S/C22H22FNO5/c1-12-6-11-17(29-12)20(26)18-19(15-4-2-3-5-16(15)23)24(22(28)21(18)27)13-7-9-14(25)10-8-13/h2-6,11,13-14,25,27-28H,7-10H2,1H3. The zero-order valence-corrected chi connectivity index (χ0v) is 15.9. The molecule has 3 aromatic rings. The van der Waals surface area contributed by atoms with Crippen LogP contribution in [0.15, 0.2) is 40.8 Å². The van der Waals surface area contributed by atoms with Crippen molar-refractivity contribution in [1.29, 1.82) is 0 Å². The van der Waals surface area contributed by atoms with Crippen LogP contribution < -0.4 is 0 Å². The third-order valence-corrected chi connectivity index (χ3v) is 5.51. The Morgan fingerprint density at radius 2 is 1.79 bits per heavy atom. The molecule has 3 N–H and O–H groups in total. The second-order valence-corrected chi connectivity index (χ2v) is 7.45. The summed E-state index contributed by atoms with van der Waals surface area (Å²) >= 11 is 0. The molecule has 1 aromatic carbocycles. The molecule has 1 fully saturated rings. The van der Waals surface area contributed by atoms with Gasteiger partial charge in [0.2, 0.25) is 11.7 Å². The molecule has 29 heavy (non-hydrogen) atoms. The van der Waals surface area contributed by atoms with Gasteiger partial charge >= 0.3 is 0 Å². The number of hydrogen-bond acceptors (Lipinski definition) is 5. The first-order chi connectivity index (χ1) is 13.9. The summed E-state index contributed by atoms with van der Waals surface area (Å²) in [5.74, 6) is -1.80. The van der Waals surface area contributed by atoms with Crippen molar-refractivity contribution in [2.24, 2.45) is 0 Å². The Balaban J connectivity index is 1.94. The van der Waals surface area contributed by atoms with E-state index in [-0.39, 0.29) is 28.6 Å². The SMILES string of the molecule is Cc1ccc(C(=O)c2c(O)c(O)n(C3CCC(O)CC3)c2-c2ccccc2F)o1. The first kappa shape index (κ1) is 19.3. The Hall–Kier alpha value is -3.06. The Morgan fingerprint density at radius 3 is 2.41 bits per heavy atom. The Bertz CT molecular complexity index is 1060. The van der Waals surface area contributed by atoms with E-state index in [1.165, 1.54) is 28.8 Å². The number of nitrogens with zero attached hydrogens (tertiary/aromatic N) is 1. The van der Waals surface area contributed by atoms with Crippen molar-refractivity contribution in [2.75, 3.05) is 0 Å². The molecule has 0 bridgehead atoms. The molecular formula is C22H22FNO5. The lowest BCUT2D eigenvalue weighted by Gasteiger charge is -2.28. The lowest BCUT2D eigenvalue weighted by atomic mass is 9.92. The first-order valence-corrected chi connectivity index (χ1v) is 9.58. The number of halogens is 1. The topological polar surface area (TPSA) is 95.8 Å². The molecule has 0 saturated heterocycles. The van der Waals surface area contributed by atoms with Gasteiger partial charge in [-0.05, 0) is 56.9 Å². The summed E-state index contributed by atoms with van der Waals surface area (Å²) in [6.07, 6.45) is 1.65. The molecule has 1 aliphatic rings. The number of aliphatic hydroxyl groups is 1. The van der Waals surface area contributed by atoms with Gasteiger partial charge in [0.1, 0.15) is 11.6 Å². The van der Waals surface area contributed by atoms with Crippen LogP contribution in [0.3, 0.4) is 0 Å². The summed E-state index contributed by atoms with van der Waals surface area (Å²) in [6.45, 7) is 1.68. The molecule has 0 unspecified atom stereocenters. The van der Waals surface area contributed by atoms with Gasteiger partial charge in [-0.2, -0.15) is 0 Å². The maximum atomic E-state index is 14.7. The molecule has 0 atom stereocenters. The number of rotatable bonds is 4. The highest BCUT2D eigenvalue weighted by Crippen LogP contribution is 2.47. The number of benzene rings is 1. The van der Waals surface area contributed by atoms with E-state index >= 15 is 0 Å². The van der Waals surface area contributed by atoms with E-state index in [9.17, 15) is 24.5 Å². The average molecular weight is 399 g/mol. The normalized spacial score (nSPS) is 19.4. The number of aliphatic hydroxyl groups excluding tert-OH is 1. The molecule has 7 heteroatoms. The van der Waals surface area contributed by atoms with Gasteiger partial charge in [0.05, 0.1) is 17.4 Å². The maximum absolute atomic E-state index is 14.7. The quantitative estimate of drug-likeness (QED) is 0.568. The maximum Gasteiger partial charge on any atom is 0.236 e. The largest absolute Gasteiger partial charge is 0.503 e. The highest BCUT2D eigenvalue weighted by molar-refractivity contribution is 6.13. The highest BCUT2D eigenvalue weighted by Gasteiger charge is 2.35. The summed E-state index contributed by atoms with van der Waals surface area (Å²) in [5.41, 5.74) is 0.00691. The van der Waals surface area contributed by atoms with Crippen LogP contribution >= 0.6 is 0 Å². The number of aromatic nitrogens is 1. The van der Waals surface area contributed by atoms with Crippen LogP contribution in [0.5, 0.6) is 11.6 Å². The second kappa shape index (κ2) is 7.40. The van der Waals surface area contributed by atoms with Gasteiger partial charge < -0.3 is 24.3 Å². The zero-order valence-electron chi connectivity index (χ0n) is 15.9. The van der Waals surface area contributed by atoms with E-state index < -0.39 is 29.3 Å². The zero-order chi connectivity index (χ0) is 20.7. The fourth-order valence-corrected chi connectivity index (χ4v) is 4.05. The van der Waals surface area contributed by atoms with Crippen LogP contribution in [0.2, 0.25) is 0 Å². The molecule has 0 amide bonds. The van der Waals surface area contributed by atoms with Gasteiger partial charge in [-0.1, -0.05) is 12.1 Å². The van der Waals surface area contributed by atoms with Crippen molar-refractivity contribution in [1.82, 2.24) is 4.57 Å². The predicted octanol–water partition coefficient (Wildman–Crippen LogP) is 4.31. The predicted molar refractivity (Wildman–Crippen MR) is 104 cm³/mol. The van der Waals surface area contributed by atoms with Crippen molar-refractivity contribution in [3.8, 4) is 22.9 Å². The summed E-state index contributed by atoms with van der Waals surface area (Å²) in [5, 5.41) is 31.2. The van der Waals surface area contributed by atoms with Crippen molar-refractivity contribution < 1.29 is 28.9 Å². The van der Waals surface area contributed by atoms with E-state index in [0.29, 0.717) is 31.4 Å². The van der Waals surface area contributed by atoms with Crippen LogP contribution in [0.1, 0.15) is 53.6 Å². The van der Waals surface area contributed by atoms with Crippen molar-refractivity contribution in [3.05, 3.63) is 59.3 Å². The molecular weight excluding hydrogens is 377 g/mol. The van der Waals surface area contributed by atoms with Crippen molar-refractivity contribution >= 4 is 5.78 Å². The van der Waals surface area contributed by atoms with Crippen LogP contribution in [0, 0.1) is 12.7 Å². The molecule has 2 heterocycles. The lowest BCUT2D eigenvalue weighted by Crippen LogP contribution is -2.21. The monoisotopic (exact) mass is 399 g/mol. The van der Waals surface area contributed by atoms with Crippen molar-refractivity contribution in [2.45, 2.75) is 44.8 Å². The van der Waals surface area contributed by atoms with E-state index in [1.807, 2.05) is 0 Å². The van der Waals surface area contributed by atoms with Crippen molar-refractivity contribution in [3.63, 3.8) is 0 Å². The molecule has 0 aliphatic heterocycles. The van der Waals surface area contributed by atoms with Crippen LogP contribution in [-0.2, 0) is 0 Å². The Kier molecular flexibility index (Phi) is 4.92. The summed E-state index contributed by atoms with van der Waals surface area (Å²) in [7, 11) is 0. The number of ketones is 1. The van der Waals surface area contributed by atoms with E-state index in [0.717, 1.165) is 0 Å². The molecule has 2 aromatic heterocycles. The molecule has 0 spiro atoms. The lowest BCUT2D eigenvalue weighted by molar-refractivity contribution is 0.100. The van der Waals surface area contributed by atoms with Gasteiger partial charge in [0, 0.05) is 11.6 Å². The molecule has 152 valence electrons. The minimum absolute atomic E-state index is 0.00777. The molecule has 1 saturated carbocycles. The van der Waals surface area contributed by atoms with Gasteiger partial charge in [-0.15, -0.1) is 0 Å². The number of aromatic hydroxyl groups is 2. The fourth-order valence-electron chi connectivity index (χ4n) is 4.05. The Morgan fingerprint density at radius 1 is 1.10 bits per heavy atom. The van der Waals surface area contributed by atoms with Crippen LogP contribution in [0.25, 0.3) is 11.3 Å². The third-order valence-electron chi connectivity index (χ3n) is 5.51. The summed E-state index contributed by atoms with van der Waals surface area (Å²) in [6, 6.07) is 8.72. The van der Waals surface area contributed by atoms with Gasteiger partial charge in [-0.3, -0.25) is 4.79 Å². The minimum atomic E-state index is -0.640. The number of furan rings is 1. The Labute approximate surface area is 166 Å². The van der Waals surface area contributed by atoms with E-state index in [4.69, 9.17) is 4.42 Å². The fraction of sp³-hybridized carbons (Fsp3) is 0.318. The highest BCUT2D eigenvalue weighted by atomic mass is 19.1. The number of carbonyl (C=O) groups is 1. The number of carbonyl (C=O) groups excluding carboxylic acids is 1. The molecule has 6 nitrogen and oxygen atoms in total. The van der Waals surface area contributed by atoms with E-state index in [2.05, 4.69) is 0 Å². The third kappa shape index (κ3) is 3.31. The molecule has 1 aliphatic carbocycles. The van der Waals surface area contributed by atoms with Gasteiger partial charge in [0.25, 0.3) is 0 Å². The number of aryl methyl sites for hydroxylation is 1. The second-order valence-electron chi connectivity index (χ2n) is 7.45. The van der Waals surface area contributed by atoms with Crippen LogP contribution in [0.4, 0.5) is 4.39 Å². The smallest absolute Gasteiger partial charge is 0.236 e. The summed E-state index contributed by atoms with van der Waals surface area (Å²) < 4.78 is 21.5. The first-order valence-electron chi connectivity index (χ1n) is 9.58. The average Bonchev–Trinajstić information content (AvgIpc) is 3.25. The molecule has 0 radical (unpaired) electrons.